The van der Waals surface area contributed by atoms with Crippen molar-refractivity contribution in [2.45, 2.75) is 51.5 Å². The minimum absolute atomic E-state index is 0.331. The lowest BCUT2D eigenvalue weighted by molar-refractivity contribution is -0.0423. The number of ether oxygens (including phenoxy) is 3. The molecule has 0 aliphatic carbocycles. The number of benzene rings is 1. The number of rotatable bonds is 3. The summed E-state index contributed by atoms with van der Waals surface area (Å²) in [5, 5.41) is 3.61. The highest BCUT2D eigenvalue weighted by Crippen LogP contribution is 2.35. The largest absolute Gasteiger partial charge is 0.454 e. The van der Waals surface area contributed by atoms with Crippen molar-refractivity contribution in [3.63, 3.8) is 0 Å². The molecule has 0 bridgehead atoms. The molecule has 2 atom stereocenters. The highest BCUT2D eigenvalue weighted by atomic mass is 16.7. The number of fused-ring (bicyclic) bond motifs is 1. The third-order valence-corrected chi connectivity index (χ3v) is 3.76. The van der Waals surface area contributed by atoms with E-state index in [1.807, 2.05) is 12.1 Å². The average Bonchev–Trinajstić information content (AvgIpc) is 2.83. The van der Waals surface area contributed by atoms with E-state index < -0.39 is 0 Å². The molecule has 3 rings (SSSR count). The lowest BCUT2D eigenvalue weighted by Gasteiger charge is -2.32. The van der Waals surface area contributed by atoms with Crippen molar-refractivity contribution in [3.8, 4) is 11.5 Å². The quantitative estimate of drug-likeness (QED) is 0.909. The van der Waals surface area contributed by atoms with Crippen LogP contribution in [0.4, 0.5) is 0 Å². The van der Waals surface area contributed by atoms with Crippen LogP contribution in [-0.2, 0) is 11.3 Å². The first-order valence-corrected chi connectivity index (χ1v) is 6.98. The van der Waals surface area contributed by atoms with Crippen LogP contribution in [0.25, 0.3) is 0 Å². The molecule has 104 valence electrons. The Morgan fingerprint density at radius 1 is 1.16 bits per heavy atom. The maximum atomic E-state index is 5.76. The molecule has 1 aromatic rings. The van der Waals surface area contributed by atoms with Gasteiger partial charge < -0.3 is 19.5 Å². The summed E-state index contributed by atoms with van der Waals surface area (Å²) in [6.07, 6.45) is 2.80. The van der Waals surface area contributed by atoms with E-state index in [2.05, 4.69) is 25.2 Å². The standard InChI is InChI=1S/C15H21NO3/c1-10-6-13(7-11(2)19-10)16-8-12-4-3-5-14-15(12)18-9-17-14/h3-5,10-11,13,16H,6-9H2,1-2H3/t10-,11-/m1/s1. The normalized spacial score (nSPS) is 29.5. The smallest absolute Gasteiger partial charge is 0.231 e. The molecular formula is C15H21NO3. The number of hydrogen-bond acceptors (Lipinski definition) is 4. The molecule has 4 nitrogen and oxygen atoms in total. The van der Waals surface area contributed by atoms with Crippen LogP contribution in [0.15, 0.2) is 18.2 Å². The van der Waals surface area contributed by atoms with Crippen LogP contribution in [0.1, 0.15) is 32.3 Å². The van der Waals surface area contributed by atoms with Crippen LogP contribution in [0, 0.1) is 0 Å². The van der Waals surface area contributed by atoms with Gasteiger partial charge in [0.15, 0.2) is 11.5 Å². The lowest BCUT2D eigenvalue weighted by atomic mass is 9.99. The van der Waals surface area contributed by atoms with E-state index in [4.69, 9.17) is 14.2 Å². The Hall–Kier alpha value is -1.26. The maximum absolute atomic E-state index is 5.76. The summed E-state index contributed by atoms with van der Waals surface area (Å²) in [5.41, 5.74) is 1.17. The van der Waals surface area contributed by atoms with Crippen LogP contribution in [-0.4, -0.2) is 25.0 Å². The molecule has 0 spiro atoms. The van der Waals surface area contributed by atoms with E-state index >= 15 is 0 Å². The van der Waals surface area contributed by atoms with E-state index in [0.29, 0.717) is 25.0 Å². The topological polar surface area (TPSA) is 39.7 Å². The highest BCUT2D eigenvalue weighted by Gasteiger charge is 2.24. The van der Waals surface area contributed by atoms with Crippen molar-refractivity contribution < 1.29 is 14.2 Å². The molecule has 4 heteroatoms. The molecule has 0 saturated carbocycles. The number of para-hydroxylation sites is 1. The van der Waals surface area contributed by atoms with Crippen molar-refractivity contribution in [2.24, 2.45) is 0 Å². The van der Waals surface area contributed by atoms with Crippen LogP contribution >= 0.6 is 0 Å². The molecule has 0 radical (unpaired) electrons. The zero-order valence-corrected chi connectivity index (χ0v) is 11.5. The summed E-state index contributed by atoms with van der Waals surface area (Å²) in [7, 11) is 0. The molecule has 1 fully saturated rings. The molecular weight excluding hydrogens is 242 g/mol. The van der Waals surface area contributed by atoms with Crippen molar-refractivity contribution >= 4 is 0 Å². The van der Waals surface area contributed by atoms with Gasteiger partial charge in [0, 0.05) is 18.2 Å². The summed E-state index contributed by atoms with van der Waals surface area (Å²) in [6, 6.07) is 6.56. The fourth-order valence-electron chi connectivity index (χ4n) is 2.96. The first-order valence-electron chi connectivity index (χ1n) is 6.98. The van der Waals surface area contributed by atoms with Crippen molar-refractivity contribution in [2.75, 3.05) is 6.79 Å². The number of hydrogen-bond donors (Lipinski definition) is 1. The third-order valence-electron chi connectivity index (χ3n) is 3.76. The van der Waals surface area contributed by atoms with Gasteiger partial charge in [0.1, 0.15) is 0 Å². The predicted octanol–water partition coefficient (Wildman–Crippen LogP) is 2.46. The van der Waals surface area contributed by atoms with E-state index in [1.165, 1.54) is 5.56 Å². The van der Waals surface area contributed by atoms with E-state index in [1.54, 1.807) is 0 Å². The molecule has 1 aromatic carbocycles. The zero-order chi connectivity index (χ0) is 13.2. The Morgan fingerprint density at radius 2 is 1.95 bits per heavy atom. The molecule has 0 unspecified atom stereocenters. The lowest BCUT2D eigenvalue weighted by Crippen LogP contribution is -2.40. The first kappa shape index (κ1) is 12.8. The monoisotopic (exact) mass is 263 g/mol. The van der Waals surface area contributed by atoms with Gasteiger partial charge in [-0.15, -0.1) is 0 Å². The second-order valence-electron chi connectivity index (χ2n) is 5.46. The third kappa shape index (κ3) is 2.85. The Morgan fingerprint density at radius 3 is 2.74 bits per heavy atom. The first-order chi connectivity index (χ1) is 9.22. The van der Waals surface area contributed by atoms with Crippen LogP contribution in [0.3, 0.4) is 0 Å². The van der Waals surface area contributed by atoms with Crippen molar-refractivity contribution in [1.29, 1.82) is 0 Å². The SMILES string of the molecule is C[C@@H]1CC(NCc2cccc3c2OCO3)C[C@@H](C)O1. The minimum Gasteiger partial charge on any atom is -0.454 e. The zero-order valence-electron chi connectivity index (χ0n) is 11.5. The number of nitrogens with one attached hydrogen (secondary N) is 1. The van der Waals surface area contributed by atoms with Gasteiger partial charge in [0.2, 0.25) is 6.79 Å². The molecule has 2 aliphatic heterocycles. The van der Waals surface area contributed by atoms with Gasteiger partial charge >= 0.3 is 0 Å². The van der Waals surface area contributed by atoms with Gasteiger partial charge in [-0.1, -0.05) is 12.1 Å². The van der Waals surface area contributed by atoms with Crippen LogP contribution in [0.5, 0.6) is 11.5 Å². The van der Waals surface area contributed by atoms with E-state index in [9.17, 15) is 0 Å². The average molecular weight is 263 g/mol. The summed E-state index contributed by atoms with van der Waals surface area (Å²) in [6.45, 7) is 5.43. The molecule has 19 heavy (non-hydrogen) atoms. The van der Waals surface area contributed by atoms with Crippen molar-refractivity contribution in [3.05, 3.63) is 23.8 Å². The fourth-order valence-corrected chi connectivity index (χ4v) is 2.96. The second-order valence-corrected chi connectivity index (χ2v) is 5.46. The van der Waals surface area contributed by atoms with Gasteiger partial charge in [0.05, 0.1) is 12.2 Å². The van der Waals surface area contributed by atoms with Gasteiger partial charge in [-0.25, -0.2) is 0 Å². The Kier molecular flexibility index (Phi) is 3.62. The van der Waals surface area contributed by atoms with Crippen LogP contribution < -0.4 is 14.8 Å². The van der Waals surface area contributed by atoms with Crippen molar-refractivity contribution in [1.82, 2.24) is 5.32 Å². The maximum Gasteiger partial charge on any atom is 0.231 e. The Labute approximate surface area is 114 Å². The minimum atomic E-state index is 0.331. The second kappa shape index (κ2) is 5.39. The summed E-state index contributed by atoms with van der Waals surface area (Å²) >= 11 is 0. The molecule has 0 amide bonds. The van der Waals surface area contributed by atoms with E-state index in [0.717, 1.165) is 30.9 Å². The molecule has 1 saturated heterocycles. The highest BCUT2D eigenvalue weighted by molar-refractivity contribution is 5.48. The van der Waals surface area contributed by atoms with Gasteiger partial charge in [-0.3, -0.25) is 0 Å². The predicted molar refractivity (Wildman–Crippen MR) is 72.4 cm³/mol. The Bertz CT molecular complexity index is 439. The molecule has 0 aromatic heterocycles. The molecule has 1 N–H and O–H groups in total. The molecule has 2 heterocycles. The van der Waals surface area contributed by atoms with Crippen LogP contribution in [0.2, 0.25) is 0 Å². The summed E-state index contributed by atoms with van der Waals surface area (Å²) in [5.74, 6) is 1.75. The van der Waals surface area contributed by atoms with Gasteiger partial charge in [-0.2, -0.15) is 0 Å². The molecule has 2 aliphatic rings. The Balaban J connectivity index is 1.62. The van der Waals surface area contributed by atoms with Gasteiger partial charge in [0.25, 0.3) is 0 Å². The van der Waals surface area contributed by atoms with Gasteiger partial charge in [-0.05, 0) is 32.8 Å². The summed E-state index contributed by atoms with van der Waals surface area (Å²) < 4.78 is 16.7. The fraction of sp³-hybridized carbons (Fsp3) is 0.600. The summed E-state index contributed by atoms with van der Waals surface area (Å²) in [4.78, 5) is 0. The van der Waals surface area contributed by atoms with E-state index in [-0.39, 0.29) is 0 Å².